The van der Waals surface area contributed by atoms with Crippen molar-refractivity contribution in [3.05, 3.63) is 81.6 Å². The number of nitrogens with zero attached hydrogens (tertiary/aromatic N) is 1. The van der Waals surface area contributed by atoms with Crippen LogP contribution in [-0.4, -0.2) is 68.2 Å². The lowest BCUT2D eigenvalue weighted by Gasteiger charge is -2.31. The smallest absolute Gasteiger partial charge is 0.331 e. The van der Waals surface area contributed by atoms with Crippen LogP contribution in [0, 0.1) is 12.8 Å². The van der Waals surface area contributed by atoms with E-state index in [-0.39, 0.29) is 36.3 Å². The zero-order valence-corrected chi connectivity index (χ0v) is 26.7. The molecule has 0 unspecified atom stereocenters. The molecule has 1 N–H and O–H groups in total. The molecule has 1 fully saturated rings. The fourth-order valence-corrected chi connectivity index (χ4v) is 5.20. The quantitative estimate of drug-likeness (QED) is 0.235. The van der Waals surface area contributed by atoms with E-state index >= 15 is 0 Å². The lowest BCUT2D eigenvalue weighted by Crippen LogP contribution is -2.47. The largest absolute Gasteiger partial charge is 0.493 e. The van der Waals surface area contributed by atoms with Crippen molar-refractivity contribution < 1.29 is 42.8 Å². The first-order valence-electron chi connectivity index (χ1n) is 14.1. The van der Waals surface area contributed by atoms with Gasteiger partial charge in [-0.05, 0) is 50.1 Å². The second-order valence-corrected chi connectivity index (χ2v) is 11.2. The fourth-order valence-electron chi connectivity index (χ4n) is 4.72. The number of benzene rings is 2. The zero-order chi connectivity index (χ0) is 32.5. The molecule has 13 heteroatoms. The van der Waals surface area contributed by atoms with Crippen LogP contribution in [0.5, 0.6) is 17.2 Å². The summed E-state index contributed by atoms with van der Waals surface area (Å²) in [6.45, 7) is 4.38. The predicted octanol–water partition coefficient (Wildman–Crippen LogP) is 4.97. The lowest BCUT2D eigenvalue weighted by molar-refractivity contribution is -0.156. The topological polar surface area (TPSA) is 132 Å². The van der Waals surface area contributed by atoms with Crippen molar-refractivity contribution in [2.75, 3.05) is 27.1 Å². The number of hydrogen-bond acceptors (Lipinski definition) is 10. The molecule has 1 aliphatic heterocycles. The van der Waals surface area contributed by atoms with Gasteiger partial charge in [0.2, 0.25) is 6.79 Å². The Hall–Kier alpha value is -4.06. The van der Waals surface area contributed by atoms with E-state index in [1.807, 2.05) is 37.3 Å². The van der Waals surface area contributed by atoms with E-state index in [4.69, 9.17) is 51.6 Å². The van der Waals surface area contributed by atoms with Crippen LogP contribution >= 0.6 is 23.2 Å². The molecule has 2 heterocycles. The van der Waals surface area contributed by atoms with Crippen LogP contribution in [0.2, 0.25) is 10.0 Å². The summed E-state index contributed by atoms with van der Waals surface area (Å²) >= 11 is 12.6. The van der Waals surface area contributed by atoms with Gasteiger partial charge in [-0.15, -0.1) is 0 Å². The van der Waals surface area contributed by atoms with Crippen LogP contribution in [0.3, 0.4) is 0 Å². The Kier molecular flexibility index (Phi) is 11.9. The van der Waals surface area contributed by atoms with Crippen LogP contribution in [0.25, 0.3) is 0 Å². The molecule has 1 aromatic heterocycles. The molecule has 0 bridgehead atoms. The minimum absolute atomic E-state index is 0.0732. The average Bonchev–Trinajstić information content (AvgIpc) is 3.04. The van der Waals surface area contributed by atoms with Crippen LogP contribution in [0.1, 0.15) is 35.5 Å². The van der Waals surface area contributed by atoms with Gasteiger partial charge in [0.05, 0.1) is 20.3 Å². The number of hydrogen-bond donors (Lipinski definition) is 1. The Morgan fingerprint density at radius 2 is 1.84 bits per heavy atom. The van der Waals surface area contributed by atoms with E-state index in [1.165, 1.54) is 26.3 Å². The zero-order valence-electron chi connectivity index (χ0n) is 25.2. The molecule has 240 valence electrons. The molecule has 0 aliphatic carbocycles. The maximum absolute atomic E-state index is 13.4. The first-order chi connectivity index (χ1) is 21.5. The maximum atomic E-state index is 13.4. The molecule has 1 aliphatic rings. The fraction of sp³-hybridized carbons (Fsp3) is 0.375. The van der Waals surface area contributed by atoms with Crippen molar-refractivity contribution in [3.63, 3.8) is 0 Å². The van der Waals surface area contributed by atoms with Crippen LogP contribution < -0.4 is 19.5 Å². The summed E-state index contributed by atoms with van der Waals surface area (Å²) in [5.41, 5.74) is 1.69. The van der Waals surface area contributed by atoms with Gasteiger partial charge in [0.1, 0.15) is 18.0 Å². The van der Waals surface area contributed by atoms with Crippen LogP contribution in [0.15, 0.2) is 54.7 Å². The number of halogens is 2. The molecular weight excluding hydrogens is 627 g/mol. The first-order valence-corrected chi connectivity index (χ1v) is 14.9. The molecular formula is C32H34Cl2N2O9. The third kappa shape index (κ3) is 9.23. The summed E-state index contributed by atoms with van der Waals surface area (Å²) in [5, 5.41) is 3.62. The number of rotatable bonds is 10. The van der Waals surface area contributed by atoms with E-state index < -0.39 is 42.9 Å². The molecule has 0 radical (unpaired) electrons. The number of amides is 1. The van der Waals surface area contributed by atoms with Gasteiger partial charge >= 0.3 is 11.9 Å². The number of pyridine rings is 1. The molecule has 2 aromatic carbocycles. The Labute approximate surface area is 271 Å². The van der Waals surface area contributed by atoms with Gasteiger partial charge in [-0.1, -0.05) is 47.0 Å². The molecule has 1 amide bonds. The lowest BCUT2D eigenvalue weighted by atomic mass is 9.91. The van der Waals surface area contributed by atoms with Crippen molar-refractivity contribution in [1.29, 1.82) is 0 Å². The number of ether oxygens (including phenoxy) is 6. The highest BCUT2D eigenvalue weighted by atomic mass is 35.5. The Balaban J connectivity index is 1.57. The first kappa shape index (κ1) is 33.8. The van der Waals surface area contributed by atoms with Crippen molar-refractivity contribution in [3.8, 4) is 17.2 Å². The van der Waals surface area contributed by atoms with Crippen molar-refractivity contribution in [1.82, 2.24) is 10.3 Å². The Morgan fingerprint density at radius 3 is 2.53 bits per heavy atom. The summed E-state index contributed by atoms with van der Waals surface area (Å²) in [6, 6.07) is 13.0. The monoisotopic (exact) mass is 660 g/mol. The highest BCUT2D eigenvalue weighted by Gasteiger charge is 2.37. The summed E-state index contributed by atoms with van der Waals surface area (Å²) < 4.78 is 33.9. The van der Waals surface area contributed by atoms with Crippen molar-refractivity contribution in [2.24, 2.45) is 5.92 Å². The standard InChI is InChI=1S/C32H34Cl2N2O9/c1-18-5-9-24(10-6-18)45-29-19(2)44-32(39)26(16-41-15-22(29)13-21-7-8-23(33)14-25(21)34)36-31(38)28-30(43-17-42-20(3)37)27(40-4)11-12-35-28/h5-12,14,19,22,26,29H,13,15-17H2,1-4H3,(H,36,38)/t19-,22-,26-,29-/m0/s1. The third-order valence-corrected chi connectivity index (χ3v) is 7.58. The SMILES string of the molecule is COc1ccnc(C(=O)N[C@H]2COC[C@H](Cc3ccc(Cl)cc3Cl)[C@@H](Oc3ccc(C)cc3)[C@H](C)OC2=O)c1OCOC(C)=O. The highest BCUT2D eigenvalue weighted by molar-refractivity contribution is 6.35. The Morgan fingerprint density at radius 1 is 1.09 bits per heavy atom. The summed E-state index contributed by atoms with van der Waals surface area (Å²) in [7, 11) is 1.38. The van der Waals surface area contributed by atoms with Gasteiger partial charge in [-0.3, -0.25) is 9.59 Å². The van der Waals surface area contributed by atoms with Gasteiger partial charge < -0.3 is 33.7 Å². The minimum Gasteiger partial charge on any atom is -0.493 e. The van der Waals surface area contributed by atoms with Gasteiger partial charge in [0.15, 0.2) is 23.2 Å². The average molecular weight is 662 g/mol. The van der Waals surface area contributed by atoms with Crippen molar-refractivity contribution >= 4 is 41.0 Å². The second-order valence-electron chi connectivity index (χ2n) is 10.4. The number of methoxy groups -OCH3 is 1. The molecule has 1 saturated heterocycles. The second kappa shape index (κ2) is 15.8. The van der Waals surface area contributed by atoms with E-state index in [0.29, 0.717) is 22.2 Å². The molecule has 3 aromatic rings. The maximum Gasteiger partial charge on any atom is 0.331 e. The minimum atomic E-state index is -1.20. The highest BCUT2D eigenvalue weighted by Crippen LogP contribution is 2.31. The summed E-state index contributed by atoms with van der Waals surface area (Å²) in [6.07, 6.45) is 0.376. The van der Waals surface area contributed by atoms with Gasteiger partial charge in [0.25, 0.3) is 5.91 Å². The Bertz CT molecular complexity index is 1500. The van der Waals surface area contributed by atoms with E-state index in [0.717, 1.165) is 11.1 Å². The van der Waals surface area contributed by atoms with E-state index in [1.54, 1.807) is 19.1 Å². The third-order valence-electron chi connectivity index (χ3n) is 6.99. The van der Waals surface area contributed by atoms with Gasteiger partial charge in [-0.25, -0.2) is 9.78 Å². The molecule has 0 spiro atoms. The molecule has 0 saturated carbocycles. The predicted molar refractivity (Wildman–Crippen MR) is 165 cm³/mol. The summed E-state index contributed by atoms with van der Waals surface area (Å²) in [5.74, 6) is -1.70. The number of carbonyl (C=O) groups is 3. The number of aryl methyl sites for hydroxylation is 1. The van der Waals surface area contributed by atoms with Crippen LogP contribution in [-0.2, 0) is 30.2 Å². The molecule has 45 heavy (non-hydrogen) atoms. The van der Waals surface area contributed by atoms with E-state index in [9.17, 15) is 14.4 Å². The summed E-state index contributed by atoms with van der Waals surface area (Å²) in [4.78, 5) is 42.1. The number of aromatic nitrogens is 1. The van der Waals surface area contributed by atoms with Crippen LogP contribution in [0.4, 0.5) is 0 Å². The number of carbonyl (C=O) groups excluding carboxylic acids is 3. The van der Waals surface area contributed by atoms with Crippen molar-refractivity contribution in [2.45, 2.75) is 45.4 Å². The van der Waals surface area contributed by atoms with Gasteiger partial charge in [0, 0.05) is 35.2 Å². The number of esters is 2. The molecule has 4 atom stereocenters. The number of nitrogens with one attached hydrogen (secondary N) is 1. The molecule has 11 nitrogen and oxygen atoms in total. The number of cyclic esters (lactones) is 1. The van der Waals surface area contributed by atoms with E-state index in [2.05, 4.69) is 10.3 Å². The molecule has 4 rings (SSSR count). The normalized spacial score (nSPS) is 20.1. The van der Waals surface area contributed by atoms with Gasteiger partial charge in [-0.2, -0.15) is 0 Å².